The number of hydrogen-bond acceptors (Lipinski definition) is 3. The van der Waals surface area contributed by atoms with Gasteiger partial charge in [0.2, 0.25) is 5.91 Å². The monoisotopic (exact) mass is 320 g/mol. The van der Waals surface area contributed by atoms with E-state index in [1.165, 1.54) is 6.07 Å². The summed E-state index contributed by atoms with van der Waals surface area (Å²) in [5.41, 5.74) is -1.38. The summed E-state index contributed by atoms with van der Waals surface area (Å²) in [5, 5.41) is 2.57. The molecule has 1 atom stereocenters. The third kappa shape index (κ3) is 2.61. The van der Waals surface area contributed by atoms with E-state index in [4.69, 9.17) is 4.74 Å². The predicted molar refractivity (Wildman–Crippen MR) is 82.3 cm³/mol. The first kappa shape index (κ1) is 15.9. The average molecular weight is 320 g/mol. The number of hydrogen-bond donors (Lipinski definition) is 1. The maximum atomic E-state index is 14.1. The molecule has 0 radical (unpaired) electrons. The molecule has 1 saturated heterocycles. The molecule has 23 heavy (non-hydrogen) atoms. The largest absolute Gasteiger partial charge is 0.362 e. The maximum Gasteiger partial charge on any atom is 0.253 e. The van der Waals surface area contributed by atoms with E-state index >= 15 is 0 Å². The summed E-state index contributed by atoms with van der Waals surface area (Å²) in [4.78, 5) is 26.7. The van der Waals surface area contributed by atoms with Gasteiger partial charge in [0.25, 0.3) is 5.91 Å². The number of nitrogens with zero attached hydrogens (tertiary/aromatic N) is 1. The second-order valence-electron chi connectivity index (χ2n) is 6.45. The van der Waals surface area contributed by atoms with Crippen LogP contribution in [0.4, 0.5) is 4.39 Å². The van der Waals surface area contributed by atoms with Crippen LogP contribution in [-0.2, 0) is 19.7 Å². The molecule has 0 spiro atoms. The topological polar surface area (TPSA) is 58.6 Å². The second-order valence-corrected chi connectivity index (χ2v) is 6.45. The standard InChI is InChI=1S/C17H21FN2O3/c1-16(14(21)19-2)11-20(9-10-23-16)15(22)17(7-8-17)12-5-3-4-6-13(12)18/h3-6H,7-11H2,1-2H3,(H,19,21)/t16-/m1/s1. The lowest BCUT2D eigenvalue weighted by Gasteiger charge is -2.40. The molecule has 5 nitrogen and oxygen atoms in total. The average Bonchev–Trinajstić information content (AvgIpc) is 3.35. The van der Waals surface area contributed by atoms with Crippen molar-refractivity contribution in [2.75, 3.05) is 26.7 Å². The molecule has 1 saturated carbocycles. The van der Waals surface area contributed by atoms with Gasteiger partial charge in [-0.15, -0.1) is 0 Å². The summed E-state index contributed by atoms with van der Waals surface area (Å²) in [5.74, 6) is -0.715. The molecule has 1 aromatic carbocycles. The van der Waals surface area contributed by atoms with Gasteiger partial charge in [-0.2, -0.15) is 0 Å². The van der Waals surface area contributed by atoms with Gasteiger partial charge in [-0.25, -0.2) is 4.39 Å². The molecule has 2 fully saturated rings. The Morgan fingerprint density at radius 2 is 2.00 bits per heavy atom. The Morgan fingerprint density at radius 1 is 1.30 bits per heavy atom. The number of morpholine rings is 1. The van der Waals surface area contributed by atoms with E-state index in [1.54, 1.807) is 37.1 Å². The molecule has 0 unspecified atom stereocenters. The van der Waals surface area contributed by atoms with Gasteiger partial charge in [-0.3, -0.25) is 9.59 Å². The lowest BCUT2D eigenvalue weighted by Crippen LogP contribution is -2.60. The molecule has 1 aliphatic carbocycles. The Morgan fingerprint density at radius 3 is 2.61 bits per heavy atom. The summed E-state index contributed by atoms with van der Waals surface area (Å²) in [6, 6.07) is 6.44. The Balaban J connectivity index is 1.83. The van der Waals surface area contributed by atoms with Crippen LogP contribution in [0.5, 0.6) is 0 Å². The molecule has 1 N–H and O–H groups in total. The molecule has 2 amide bonds. The molecule has 1 heterocycles. The lowest BCUT2D eigenvalue weighted by atomic mass is 9.92. The van der Waals surface area contributed by atoms with Crippen LogP contribution in [0.3, 0.4) is 0 Å². The molecule has 0 aromatic heterocycles. The second kappa shape index (κ2) is 5.60. The number of benzene rings is 1. The van der Waals surface area contributed by atoms with Crippen LogP contribution in [0.2, 0.25) is 0 Å². The molecule has 1 aliphatic heterocycles. The number of ether oxygens (including phenoxy) is 1. The van der Waals surface area contributed by atoms with E-state index in [-0.39, 0.29) is 24.2 Å². The minimum absolute atomic E-state index is 0.110. The minimum Gasteiger partial charge on any atom is -0.362 e. The van der Waals surface area contributed by atoms with Crippen LogP contribution >= 0.6 is 0 Å². The fourth-order valence-electron chi connectivity index (χ4n) is 3.32. The predicted octanol–water partition coefficient (Wildman–Crippen LogP) is 1.22. The molecule has 6 heteroatoms. The first-order valence-corrected chi connectivity index (χ1v) is 7.83. The summed E-state index contributed by atoms with van der Waals surface area (Å²) in [6.07, 6.45) is 1.28. The number of carbonyl (C=O) groups is 2. The van der Waals surface area contributed by atoms with Crippen LogP contribution in [-0.4, -0.2) is 49.1 Å². The van der Waals surface area contributed by atoms with E-state index in [2.05, 4.69) is 5.32 Å². The van der Waals surface area contributed by atoms with E-state index < -0.39 is 11.0 Å². The van der Waals surface area contributed by atoms with Crippen molar-refractivity contribution in [1.82, 2.24) is 10.2 Å². The van der Waals surface area contributed by atoms with Crippen LogP contribution in [0.1, 0.15) is 25.3 Å². The molecule has 0 bridgehead atoms. The van der Waals surface area contributed by atoms with Crippen molar-refractivity contribution in [2.24, 2.45) is 0 Å². The number of likely N-dealkylation sites (N-methyl/N-ethyl adjacent to an activating group) is 1. The van der Waals surface area contributed by atoms with Crippen LogP contribution in [0.25, 0.3) is 0 Å². The van der Waals surface area contributed by atoms with Crippen LogP contribution in [0, 0.1) is 5.82 Å². The molecule has 1 aromatic rings. The molecular formula is C17H21FN2O3. The van der Waals surface area contributed by atoms with Crippen molar-refractivity contribution in [2.45, 2.75) is 30.8 Å². The number of rotatable bonds is 3. The van der Waals surface area contributed by atoms with Gasteiger partial charge in [-0.1, -0.05) is 18.2 Å². The van der Waals surface area contributed by atoms with Crippen molar-refractivity contribution < 1.29 is 18.7 Å². The van der Waals surface area contributed by atoms with Crippen molar-refractivity contribution in [3.05, 3.63) is 35.6 Å². The Bertz CT molecular complexity index is 644. The number of nitrogens with one attached hydrogen (secondary N) is 1. The summed E-state index contributed by atoms with van der Waals surface area (Å²) in [7, 11) is 1.54. The smallest absolute Gasteiger partial charge is 0.253 e. The summed E-state index contributed by atoms with van der Waals surface area (Å²) in [6.45, 7) is 2.57. The van der Waals surface area contributed by atoms with Crippen LogP contribution < -0.4 is 5.32 Å². The first-order chi connectivity index (χ1) is 10.9. The van der Waals surface area contributed by atoms with E-state index in [0.717, 1.165) is 0 Å². The maximum absolute atomic E-state index is 14.1. The Kier molecular flexibility index (Phi) is 3.88. The van der Waals surface area contributed by atoms with Crippen LogP contribution in [0.15, 0.2) is 24.3 Å². The molecule has 3 rings (SSSR count). The zero-order valence-electron chi connectivity index (χ0n) is 13.4. The highest BCUT2D eigenvalue weighted by molar-refractivity contribution is 5.93. The third-order valence-corrected chi connectivity index (χ3v) is 4.82. The van der Waals surface area contributed by atoms with Crippen molar-refractivity contribution >= 4 is 11.8 Å². The van der Waals surface area contributed by atoms with Gasteiger partial charge in [-0.05, 0) is 25.8 Å². The van der Waals surface area contributed by atoms with Gasteiger partial charge >= 0.3 is 0 Å². The first-order valence-electron chi connectivity index (χ1n) is 7.83. The van der Waals surface area contributed by atoms with Gasteiger partial charge in [0.05, 0.1) is 18.6 Å². The third-order valence-electron chi connectivity index (χ3n) is 4.82. The normalized spacial score (nSPS) is 25.8. The fraction of sp³-hybridized carbons (Fsp3) is 0.529. The molecule has 124 valence electrons. The van der Waals surface area contributed by atoms with Gasteiger partial charge < -0.3 is 15.0 Å². The van der Waals surface area contributed by atoms with Gasteiger partial charge in [0.1, 0.15) is 5.82 Å². The zero-order chi connectivity index (χ0) is 16.7. The number of amides is 2. The Hall–Kier alpha value is -1.95. The quantitative estimate of drug-likeness (QED) is 0.911. The van der Waals surface area contributed by atoms with Gasteiger partial charge in [0, 0.05) is 19.2 Å². The number of halogens is 1. The highest BCUT2D eigenvalue weighted by Gasteiger charge is 2.55. The lowest BCUT2D eigenvalue weighted by molar-refractivity contribution is -0.163. The number of carbonyl (C=O) groups excluding carboxylic acids is 2. The van der Waals surface area contributed by atoms with Crippen molar-refractivity contribution in [1.29, 1.82) is 0 Å². The summed E-state index contributed by atoms with van der Waals surface area (Å²) >= 11 is 0. The van der Waals surface area contributed by atoms with E-state index in [9.17, 15) is 14.0 Å². The minimum atomic E-state index is -1.06. The zero-order valence-corrected chi connectivity index (χ0v) is 13.4. The van der Waals surface area contributed by atoms with Gasteiger partial charge in [0.15, 0.2) is 5.60 Å². The summed E-state index contributed by atoms with van der Waals surface area (Å²) < 4.78 is 19.7. The van der Waals surface area contributed by atoms with E-state index in [0.29, 0.717) is 31.6 Å². The fourth-order valence-corrected chi connectivity index (χ4v) is 3.32. The highest BCUT2D eigenvalue weighted by atomic mass is 19.1. The SMILES string of the molecule is CNC(=O)[C@@]1(C)CN(C(=O)C2(c3ccccc3F)CC2)CCO1. The van der Waals surface area contributed by atoms with Crippen molar-refractivity contribution in [3.8, 4) is 0 Å². The van der Waals surface area contributed by atoms with E-state index in [1.807, 2.05) is 0 Å². The van der Waals surface area contributed by atoms with Crippen molar-refractivity contribution in [3.63, 3.8) is 0 Å². The Labute approximate surface area is 134 Å². The molecular weight excluding hydrogens is 299 g/mol. The highest BCUT2D eigenvalue weighted by Crippen LogP contribution is 2.50. The molecule has 2 aliphatic rings.